The predicted molar refractivity (Wildman–Crippen MR) is 77.8 cm³/mol. The Hall–Kier alpha value is -1.79. The lowest BCUT2D eigenvalue weighted by molar-refractivity contribution is 0.599. The van der Waals surface area contributed by atoms with Crippen LogP contribution in [0.5, 0.6) is 0 Å². The fourth-order valence-corrected chi connectivity index (χ4v) is 3.11. The van der Waals surface area contributed by atoms with Gasteiger partial charge in [0, 0.05) is 5.02 Å². The Kier molecular flexibility index (Phi) is 3.87. The minimum absolute atomic E-state index is 0.0365. The number of nitrogens with two attached hydrogens (primary N) is 1. The van der Waals surface area contributed by atoms with Gasteiger partial charge in [-0.15, -0.1) is 0 Å². The smallest absolute Gasteiger partial charge is 0.264 e. The van der Waals surface area contributed by atoms with Crippen LogP contribution in [0.3, 0.4) is 0 Å². The Labute approximate surface area is 121 Å². The Balaban J connectivity index is 2.43. The zero-order chi connectivity index (χ0) is 14.9. The van der Waals surface area contributed by atoms with E-state index >= 15 is 0 Å². The molecule has 0 heterocycles. The van der Waals surface area contributed by atoms with Crippen molar-refractivity contribution in [3.05, 3.63) is 52.8 Å². The van der Waals surface area contributed by atoms with E-state index in [9.17, 15) is 12.8 Å². The van der Waals surface area contributed by atoms with E-state index in [4.69, 9.17) is 17.3 Å². The summed E-state index contributed by atoms with van der Waals surface area (Å²) in [5.41, 5.74) is 6.20. The molecule has 7 heteroatoms. The van der Waals surface area contributed by atoms with Gasteiger partial charge in [0.1, 0.15) is 10.7 Å². The summed E-state index contributed by atoms with van der Waals surface area (Å²) in [6.07, 6.45) is 0. The zero-order valence-electron chi connectivity index (χ0n) is 10.5. The number of aryl methyl sites for hydroxylation is 1. The summed E-state index contributed by atoms with van der Waals surface area (Å²) in [4.78, 5) is -0.190. The molecular weight excluding hydrogens is 303 g/mol. The predicted octanol–water partition coefficient (Wildman–Crippen LogP) is 3.17. The third-order valence-electron chi connectivity index (χ3n) is 2.63. The molecule has 0 aliphatic carbocycles. The van der Waals surface area contributed by atoms with Crippen molar-refractivity contribution in [1.82, 2.24) is 0 Å². The minimum Gasteiger partial charge on any atom is -0.398 e. The van der Waals surface area contributed by atoms with Crippen LogP contribution in [0.2, 0.25) is 5.02 Å². The van der Waals surface area contributed by atoms with Gasteiger partial charge >= 0.3 is 0 Å². The van der Waals surface area contributed by atoms with Gasteiger partial charge < -0.3 is 5.73 Å². The monoisotopic (exact) mass is 314 g/mol. The van der Waals surface area contributed by atoms with E-state index in [0.717, 1.165) is 0 Å². The number of sulfonamides is 1. The van der Waals surface area contributed by atoms with Gasteiger partial charge in [0.05, 0.1) is 11.4 Å². The van der Waals surface area contributed by atoms with Gasteiger partial charge in [0.25, 0.3) is 10.0 Å². The lowest BCUT2D eigenvalue weighted by Crippen LogP contribution is -2.15. The Morgan fingerprint density at radius 1 is 1.20 bits per heavy atom. The molecule has 0 saturated heterocycles. The molecule has 0 unspecified atom stereocenters. The lowest BCUT2D eigenvalue weighted by atomic mass is 10.2. The van der Waals surface area contributed by atoms with Gasteiger partial charge in [-0.25, -0.2) is 12.8 Å². The van der Waals surface area contributed by atoms with Crippen molar-refractivity contribution in [1.29, 1.82) is 0 Å². The summed E-state index contributed by atoms with van der Waals surface area (Å²) in [7, 11) is -4.00. The fraction of sp³-hybridized carbons (Fsp3) is 0.0769. The van der Waals surface area contributed by atoms with Crippen LogP contribution >= 0.6 is 11.6 Å². The van der Waals surface area contributed by atoms with Crippen molar-refractivity contribution in [2.24, 2.45) is 0 Å². The first kappa shape index (κ1) is 14.6. The molecule has 0 bridgehead atoms. The highest BCUT2D eigenvalue weighted by Crippen LogP contribution is 2.26. The first-order chi connectivity index (χ1) is 9.29. The standard InChI is InChI=1S/C13H12ClFN2O2S/c1-8-2-5-12(10(15)6-8)17-20(18,19)13-7-9(14)3-4-11(13)16/h2-7,17H,16H2,1H3. The summed E-state index contributed by atoms with van der Waals surface area (Å²) < 4.78 is 40.2. The van der Waals surface area contributed by atoms with Crippen LogP contribution in [0, 0.1) is 12.7 Å². The van der Waals surface area contributed by atoms with Crippen LogP contribution in [0.4, 0.5) is 15.8 Å². The number of nitrogen functional groups attached to an aromatic ring is 1. The maximum atomic E-state index is 13.7. The molecule has 0 amide bonds. The van der Waals surface area contributed by atoms with Crippen molar-refractivity contribution in [2.45, 2.75) is 11.8 Å². The normalized spacial score (nSPS) is 11.3. The highest BCUT2D eigenvalue weighted by Gasteiger charge is 2.19. The summed E-state index contributed by atoms with van der Waals surface area (Å²) >= 11 is 5.76. The average Bonchev–Trinajstić information content (AvgIpc) is 2.35. The van der Waals surface area contributed by atoms with Gasteiger partial charge in [0.2, 0.25) is 0 Å². The molecule has 0 aliphatic heterocycles. The van der Waals surface area contributed by atoms with Crippen LogP contribution in [0.15, 0.2) is 41.3 Å². The zero-order valence-corrected chi connectivity index (χ0v) is 12.1. The molecule has 20 heavy (non-hydrogen) atoms. The number of nitrogens with one attached hydrogen (secondary N) is 1. The topological polar surface area (TPSA) is 72.2 Å². The molecule has 106 valence electrons. The van der Waals surface area contributed by atoms with Gasteiger partial charge in [-0.3, -0.25) is 4.72 Å². The van der Waals surface area contributed by atoms with Gasteiger partial charge in [-0.1, -0.05) is 17.7 Å². The lowest BCUT2D eigenvalue weighted by Gasteiger charge is -2.11. The van der Waals surface area contributed by atoms with Crippen LogP contribution in [0.1, 0.15) is 5.56 Å². The summed E-state index contributed by atoms with van der Waals surface area (Å²) in [6.45, 7) is 1.70. The number of hydrogen-bond acceptors (Lipinski definition) is 3. The molecule has 2 rings (SSSR count). The molecule has 3 N–H and O–H groups in total. The van der Waals surface area contributed by atoms with E-state index < -0.39 is 15.8 Å². The highest BCUT2D eigenvalue weighted by molar-refractivity contribution is 7.92. The second-order valence-corrected chi connectivity index (χ2v) is 6.36. The minimum atomic E-state index is -4.00. The van der Waals surface area contributed by atoms with E-state index in [1.807, 2.05) is 0 Å². The van der Waals surface area contributed by atoms with Crippen LogP contribution in [-0.2, 0) is 10.0 Å². The van der Waals surface area contributed by atoms with Crippen molar-refractivity contribution in [2.75, 3.05) is 10.5 Å². The van der Waals surface area contributed by atoms with Crippen molar-refractivity contribution in [3.63, 3.8) is 0 Å². The van der Waals surface area contributed by atoms with E-state index in [1.165, 1.54) is 30.3 Å². The van der Waals surface area contributed by atoms with Gasteiger partial charge in [-0.05, 0) is 42.8 Å². The van der Waals surface area contributed by atoms with Crippen molar-refractivity contribution >= 4 is 33.0 Å². The molecule has 0 aromatic heterocycles. The number of anilines is 2. The summed E-state index contributed by atoms with van der Waals surface area (Å²) in [6, 6.07) is 8.25. The molecule has 0 radical (unpaired) electrons. The van der Waals surface area contributed by atoms with E-state index in [-0.39, 0.29) is 21.3 Å². The SMILES string of the molecule is Cc1ccc(NS(=O)(=O)c2cc(Cl)ccc2N)c(F)c1. The van der Waals surface area contributed by atoms with Crippen molar-refractivity contribution in [3.8, 4) is 0 Å². The highest BCUT2D eigenvalue weighted by atomic mass is 35.5. The Morgan fingerprint density at radius 2 is 1.90 bits per heavy atom. The molecule has 0 spiro atoms. The van der Waals surface area contributed by atoms with E-state index in [2.05, 4.69) is 4.72 Å². The Morgan fingerprint density at radius 3 is 2.55 bits per heavy atom. The first-order valence-electron chi connectivity index (χ1n) is 5.63. The van der Waals surface area contributed by atoms with Crippen LogP contribution in [-0.4, -0.2) is 8.42 Å². The second-order valence-electron chi connectivity index (χ2n) is 4.27. The quantitative estimate of drug-likeness (QED) is 0.855. The molecule has 4 nitrogen and oxygen atoms in total. The molecular formula is C13H12ClFN2O2S. The maximum absolute atomic E-state index is 13.7. The molecule has 2 aromatic carbocycles. The molecule has 0 fully saturated rings. The fourth-order valence-electron chi connectivity index (χ4n) is 1.64. The van der Waals surface area contributed by atoms with E-state index in [1.54, 1.807) is 13.0 Å². The third kappa shape index (κ3) is 3.02. The second kappa shape index (κ2) is 5.30. The number of halogens is 2. The maximum Gasteiger partial charge on any atom is 0.264 e. The van der Waals surface area contributed by atoms with E-state index in [0.29, 0.717) is 5.56 Å². The van der Waals surface area contributed by atoms with Gasteiger partial charge in [0.15, 0.2) is 0 Å². The number of hydrogen-bond donors (Lipinski definition) is 2. The number of rotatable bonds is 3. The van der Waals surface area contributed by atoms with Crippen LogP contribution in [0.25, 0.3) is 0 Å². The summed E-state index contributed by atoms with van der Waals surface area (Å²) in [5, 5.41) is 0.226. The molecule has 2 aromatic rings. The average molecular weight is 315 g/mol. The molecule has 0 atom stereocenters. The largest absolute Gasteiger partial charge is 0.398 e. The summed E-state index contributed by atoms with van der Waals surface area (Å²) in [5.74, 6) is -0.658. The number of benzene rings is 2. The Bertz CT molecular complexity index is 763. The molecule has 0 aliphatic rings. The molecule has 0 saturated carbocycles. The third-order valence-corrected chi connectivity index (χ3v) is 4.29. The van der Waals surface area contributed by atoms with Crippen molar-refractivity contribution < 1.29 is 12.8 Å². The first-order valence-corrected chi connectivity index (χ1v) is 7.50. The van der Waals surface area contributed by atoms with Crippen LogP contribution < -0.4 is 10.5 Å². The van der Waals surface area contributed by atoms with Gasteiger partial charge in [-0.2, -0.15) is 0 Å².